The topological polar surface area (TPSA) is 195 Å². The maximum Gasteiger partial charge on any atom is 0.329 e. The summed E-state index contributed by atoms with van der Waals surface area (Å²) in [6, 6.07) is -1.13. The first-order valence-electron chi connectivity index (χ1n) is 24.4. The molecular formula is C52H81NO13. The van der Waals surface area contributed by atoms with Crippen LogP contribution in [0, 0.1) is 35.5 Å². The first-order chi connectivity index (χ1) is 31.2. The molecule has 3 N–H and O–H groups in total. The van der Waals surface area contributed by atoms with Gasteiger partial charge in [0.1, 0.15) is 29.8 Å². The average Bonchev–Trinajstić information content (AvgIpc) is 3.29. The summed E-state index contributed by atoms with van der Waals surface area (Å²) < 4.78 is 29.5. The summed E-state index contributed by atoms with van der Waals surface area (Å²) in [6.07, 6.45) is 11.9. The van der Waals surface area contributed by atoms with Crippen LogP contribution in [-0.4, -0.2) is 132 Å². The van der Waals surface area contributed by atoms with E-state index in [4.69, 9.17) is 23.7 Å². The Morgan fingerprint density at radius 2 is 1.52 bits per heavy atom. The fourth-order valence-electron chi connectivity index (χ4n) is 10.2. The first kappa shape index (κ1) is 55.2. The number of nitrogens with zero attached hydrogens (tertiary/aromatic N) is 1. The highest BCUT2D eigenvalue weighted by Gasteiger charge is 2.53. The smallest absolute Gasteiger partial charge is 0.329 e. The third kappa shape index (κ3) is 14.8. The number of Topliss-reactive ketones (excluding diaryl/α,β-unsaturated/α-hetero) is 3. The molecule has 2 saturated heterocycles. The van der Waals surface area contributed by atoms with Crippen molar-refractivity contribution < 1.29 is 63.0 Å². The molecule has 3 heterocycles. The minimum atomic E-state index is -2.43. The number of methoxy groups -OCH3 is 3. The van der Waals surface area contributed by atoms with Crippen LogP contribution in [-0.2, 0) is 47.7 Å². The van der Waals surface area contributed by atoms with Crippen LogP contribution < -0.4 is 0 Å². The molecule has 0 spiro atoms. The van der Waals surface area contributed by atoms with Crippen LogP contribution in [0.15, 0.2) is 47.6 Å². The number of allylic oxidation sites excluding steroid dienone is 6. The molecule has 0 aromatic rings. The van der Waals surface area contributed by atoms with Gasteiger partial charge in [-0.2, -0.15) is 0 Å². The van der Waals surface area contributed by atoms with E-state index in [9.17, 15) is 39.3 Å². The highest BCUT2D eigenvalue weighted by molar-refractivity contribution is 6.39. The third-order valence-corrected chi connectivity index (χ3v) is 14.8. The molecule has 0 aromatic carbocycles. The van der Waals surface area contributed by atoms with Gasteiger partial charge in [-0.3, -0.25) is 19.2 Å². The number of fused-ring (bicyclic) bond motifs is 3. The molecule has 372 valence electrons. The largest absolute Gasteiger partial charge is 0.460 e. The van der Waals surface area contributed by atoms with Gasteiger partial charge in [0.05, 0.1) is 30.5 Å². The Balaban J connectivity index is 1.69. The standard InChI is InChI=1S/C52H81NO13/c1-31-16-12-11-13-17-32(2)44(62-8)28-39-21-19-37(7)52(61,66-39)49(58)50(59)53-23-15-14-18-40(53)51(60)65-45(35(5)26-38-20-22-41(54)46(27-38)63-9)29-42(55)34(4)25-36(6)48(57)47(64-10)30-43(56)33(3)24-31/h11-13,16-17,25,31,33-35,37-41,44-48,54,57,61H,14-15,18-24,26-30H2,1-10H3/b13-11+,16-12+,32-17?,36-25+/t31-,33-,34-,35-,37-,38+,39+,40+,41-,44+,45+,46-,47+,48-,52-/m1/s1. The fraction of sp³-hybridized carbons (Fsp3) is 0.750. The fourth-order valence-corrected chi connectivity index (χ4v) is 10.2. The predicted octanol–water partition coefficient (Wildman–Crippen LogP) is 6.57. The number of esters is 1. The summed E-state index contributed by atoms with van der Waals surface area (Å²) in [4.78, 5) is 71.6. The van der Waals surface area contributed by atoms with Crippen molar-refractivity contribution in [3.05, 3.63) is 47.6 Å². The zero-order valence-electron chi connectivity index (χ0n) is 41.3. The van der Waals surface area contributed by atoms with E-state index in [0.29, 0.717) is 63.4 Å². The number of ketones is 3. The van der Waals surface area contributed by atoms with Crippen molar-refractivity contribution in [1.29, 1.82) is 0 Å². The number of carbonyl (C=O) groups is 5. The minimum Gasteiger partial charge on any atom is -0.460 e. The Morgan fingerprint density at radius 3 is 2.20 bits per heavy atom. The SMILES string of the molecule is CO[C@H]1C[C@@H]2CC[C@@H](C)[C@@](O)(O2)C(=O)C(=O)N2CCCC[C@H]2C(=O)O[C@H]([C@H](C)C[C@@H]2CC[C@@H](O)[C@H](OC)C2)CC(=O)[C@H](C)/C=C(\C)[C@@H](O)[C@@H](OC)CC(=O)[C@H](C)C[C@H](C)/C=C/C=C/C=C1C. The lowest BCUT2D eigenvalue weighted by atomic mass is 9.78. The van der Waals surface area contributed by atoms with Crippen molar-refractivity contribution in [2.45, 2.75) is 186 Å². The van der Waals surface area contributed by atoms with E-state index in [1.807, 2.05) is 58.1 Å². The lowest BCUT2D eigenvalue weighted by Gasteiger charge is -2.42. The van der Waals surface area contributed by atoms with Gasteiger partial charge >= 0.3 is 5.97 Å². The zero-order chi connectivity index (χ0) is 48.9. The van der Waals surface area contributed by atoms with Gasteiger partial charge < -0.3 is 43.9 Å². The van der Waals surface area contributed by atoms with Gasteiger partial charge in [0.25, 0.3) is 11.7 Å². The van der Waals surface area contributed by atoms with Crippen LogP contribution in [0.2, 0.25) is 0 Å². The van der Waals surface area contributed by atoms with Crippen LogP contribution in [0.1, 0.15) is 132 Å². The lowest BCUT2D eigenvalue weighted by molar-refractivity contribution is -0.265. The lowest BCUT2D eigenvalue weighted by Crippen LogP contribution is -2.61. The van der Waals surface area contributed by atoms with Crippen molar-refractivity contribution in [2.24, 2.45) is 35.5 Å². The summed E-state index contributed by atoms with van der Waals surface area (Å²) in [5.41, 5.74) is 1.35. The van der Waals surface area contributed by atoms with E-state index in [-0.39, 0.29) is 67.1 Å². The second-order valence-corrected chi connectivity index (χ2v) is 20.0. The molecule has 1 amide bonds. The highest BCUT2D eigenvalue weighted by atomic mass is 16.6. The molecule has 4 rings (SSSR count). The quantitative estimate of drug-likeness (QED) is 0.147. The van der Waals surface area contributed by atoms with Crippen LogP contribution in [0.3, 0.4) is 0 Å². The third-order valence-electron chi connectivity index (χ3n) is 14.8. The Bertz CT molecular complexity index is 1770. The Labute approximate surface area is 393 Å². The van der Waals surface area contributed by atoms with E-state index in [1.165, 1.54) is 12.0 Å². The summed E-state index contributed by atoms with van der Waals surface area (Å²) in [7, 11) is 4.60. The highest BCUT2D eigenvalue weighted by Crippen LogP contribution is 2.38. The maximum atomic E-state index is 14.4. The number of piperidine rings is 1. The van der Waals surface area contributed by atoms with Gasteiger partial charge in [0, 0.05) is 64.9 Å². The number of rotatable bonds is 6. The van der Waals surface area contributed by atoms with Crippen molar-refractivity contribution in [2.75, 3.05) is 27.9 Å². The molecule has 0 radical (unpaired) electrons. The Hall–Kier alpha value is -3.37. The molecule has 1 saturated carbocycles. The van der Waals surface area contributed by atoms with E-state index >= 15 is 0 Å². The predicted molar refractivity (Wildman–Crippen MR) is 250 cm³/mol. The molecule has 3 fully saturated rings. The van der Waals surface area contributed by atoms with Gasteiger partial charge in [-0.05, 0) is 107 Å². The van der Waals surface area contributed by atoms with Crippen LogP contribution in [0.25, 0.3) is 0 Å². The number of carbonyl (C=O) groups excluding carboxylic acids is 5. The molecule has 1 aliphatic carbocycles. The first-order valence-corrected chi connectivity index (χ1v) is 24.4. The van der Waals surface area contributed by atoms with Crippen LogP contribution in [0.4, 0.5) is 0 Å². The minimum absolute atomic E-state index is 0.0123. The summed E-state index contributed by atoms with van der Waals surface area (Å²) >= 11 is 0. The van der Waals surface area contributed by atoms with E-state index in [1.54, 1.807) is 41.1 Å². The number of hydrogen-bond donors (Lipinski definition) is 3. The van der Waals surface area contributed by atoms with E-state index in [2.05, 4.69) is 0 Å². The number of aliphatic hydroxyl groups is 3. The molecule has 4 aliphatic rings. The van der Waals surface area contributed by atoms with Gasteiger partial charge in [-0.25, -0.2) is 4.79 Å². The number of ether oxygens (including phenoxy) is 5. The molecule has 2 bridgehead atoms. The van der Waals surface area contributed by atoms with Gasteiger partial charge in [0.15, 0.2) is 0 Å². The molecular weight excluding hydrogens is 847 g/mol. The number of hydrogen-bond acceptors (Lipinski definition) is 13. The molecule has 14 heteroatoms. The molecule has 0 aromatic heterocycles. The van der Waals surface area contributed by atoms with Crippen molar-refractivity contribution in [3.8, 4) is 0 Å². The molecule has 0 unspecified atom stereocenters. The Kier molecular flexibility index (Phi) is 21.6. The average molecular weight is 928 g/mol. The normalized spacial score (nSPS) is 39.4. The monoisotopic (exact) mass is 928 g/mol. The molecule has 15 atom stereocenters. The van der Waals surface area contributed by atoms with Gasteiger partial charge in [-0.1, -0.05) is 71.1 Å². The number of cyclic esters (lactones) is 1. The van der Waals surface area contributed by atoms with Crippen molar-refractivity contribution in [1.82, 2.24) is 4.90 Å². The van der Waals surface area contributed by atoms with Crippen LogP contribution >= 0.6 is 0 Å². The Morgan fingerprint density at radius 1 is 0.803 bits per heavy atom. The maximum absolute atomic E-state index is 14.4. The summed E-state index contributed by atoms with van der Waals surface area (Å²) in [5, 5.41) is 33.8. The van der Waals surface area contributed by atoms with Crippen molar-refractivity contribution in [3.63, 3.8) is 0 Å². The number of amides is 1. The zero-order valence-corrected chi connectivity index (χ0v) is 41.3. The summed E-state index contributed by atoms with van der Waals surface area (Å²) in [5.74, 6) is -7.47. The molecule has 3 aliphatic heterocycles. The van der Waals surface area contributed by atoms with Crippen molar-refractivity contribution >= 4 is 29.2 Å². The van der Waals surface area contributed by atoms with Gasteiger partial charge in [0.2, 0.25) is 5.79 Å². The van der Waals surface area contributed by atoms with Gasteiger partial charge in [-0.15, -0.1) is 0 Å². The number of aliphatic hydroxyl groups excluding tert-OH is 2. The van der Waals surface area contributed by atoms with E-state index in [0.717, 1.165) is 12.0 Å². The van der Waals surface area contributed by atoms with E-state index < -0.39 is 77.9 Å². The molecule has 66 heavy (non-hydrogen) atoms. The summed E-state index contributed by atoms with van der Waals surface area (Å²) in [6.45, 7) is 12.9. The van der Waals surface area contributed by atoms with Crippen LogP contribution in [0.5, 0.6) is 0 Å². The molecule has 14 nitrogen and oxygen atoms in total. The second kappa shape index (κ2) is 25.8. The second-order valence-electron chi connectivity index (χ2n) is 20.0.